The number of rotatable bonds is 7. The lowest BCUT2D eigenvalue weighted by atomic mass is 9.94. The van der Waals surface area contributed by atoms with E-state index in [0.29, 0.717) is 18.1 Å². The average Bonchev–Trinajstić information content (AvgIpc) is 2.51. The first-order valence-corrected chi connectivity index (χ1v) is 9.20. The zero-order valence-corrected chi connectivity index (χ0v) is 15.8. The lowest BCUT2D eigenvalue weighted by Gasteiger charge is -2.44. The number of aliphatic hydroxyl groups is 1. The standard InChI is InChI=1S/C20H34N2O2/c1-5-24-19-8-6-17(7-9-19)14-21-11-12-22(16-20(2,3)4)18(15-21)10-13-23/h6-9,18,23H,5,10-16H2,1-4H3. The molecule has 0 spiro atoms. The van der Waals surface area contributed by atoms with Gasteiger partial charge < -0.3 is 9.84 Å². The van der Waals surface area contributed by atoms with E-state index in [1.54, 1.807) is 0 Å². The summed E-state index contributed by atoms with van der Waals surface area (Å²) >= 11 is 0. The van der Waals surface area contributed by atoms with Crippen LogP contribution in [0.2, 0.25) is 0 Å². The van der Waals surface area contributed by atoms with Gasteiger partial charge in [-0.25, -0.2) is 0 Å². The second-order valence-corrected chi connectivity index (χ2v) is 8.01. The highest BCUT2D eigenvalue weighted by molar-refractivity contribution is 5.27. The molecule has 0 aromatic heterocycles. The molecule has 1 aliphatic rings. The minimum absolute atomic E-state index is 0.266. The Hall–Kier alpha value is -1.10. The quantitative estimate of drug-likeness (QED) is 0.831. The first-order chi connectivity index (χ1) is 11.4. The van der Waals surface area contributed by atoms with Crippen LogP contribution in [0.5, 0.6) is 5.75 Å². The predicted molar refractivity (Wildman–Crippen MR) is 99.4 cm³/mol. The summed E-state index contributed by atoms with van der Waals surface area (Å²) in [4.78, 5) is 5.07. The van der Waals surface area contributed by atoms with Crippen molar-refractivity contribution in [1.82, 2.24) is 9.80 Å². The third-order valence-electron chi connectivity index (χ3n) is 4.47. The molecule has 1 unspecified atom stereocenters. The van der Waals surface area contributed by atoms with Gasteiger partial charge in [0.05, 0.1) is 6.61 Å². The van der Waals surface area contributed by atoms with Crippen LogP contribution in [0.4, 0.5) is 0 Å². The Morgan fingerprint density at radius 3 is 2.46 bits per heavy atom. The third-order valence-corrected chi connectivity index (χ3v) is 4.47. The smallest absolute Gasteiger partial charge is 0.119 e. The molecule has 1 aromatic rings. The van der Waals surface area contributed by atoms with Crippen LogP contribution in [0, 0.1) is 5.41 Å². The van der Waals surface area contributed by atoms with Crippen molar-refractivity contribution < 1.29 is 9.84 Å². The molecule has 4 nitrogen and oxygen atoms in total. The normalized spacial score (nSPS) is 20.3. The number of piperazine rings is 1. The molecule has 1 fully saturated rings. The van der Waals surface area contributed by atoms with E-state index in [2.05, 4.69) is 54.8 Å². The maximum atomic E-state index is 9.43. The van der Waals surface area contributed by atoms with Crippen molar-refractivity contribution in [3.8, 4) is 5.75 Å². The first-order valence-electron chi connectivity index (χ1n) is 9.20. The van der Waals surface area contributed by atoms with Crippen molar-refractivity contribution in [3.63, 3.8) is 0 Å². The molecule has 0 radical (unpaired) electrons. The number of nitrogens with zero attached hydrogens (tertiary/aromatic N) is 2. The molecule has 0 aliphatic carbocycles. The van der Waals surface area contributed by atoms with Crippen molar-refractivity contribution in [2.24, 2.45) is 5.41 Å². The van der Waals surface area contributed by atoms with Gasteiger partial charge in [0.2, 0.25) is 0 Å². The lowest BCUT2D eigenvalue weighted by molar-refractivity contribution is 0.0340. The summed E-state index contributed by atoms with van der Waals surface area (Å²) in [6.07, 6.45) is 0.857. The molecule has 1 heterocycles. The molecule has 1 N–H and O–H groups in total. The van der Waals surface area contributed by atoms with Gasteiger partial charge in [-0.3, -0.25) is 9.80 Å². The Morgan fingerprint density at radius 1 is 1.17 bits per heavy atom. The highest BCUT2D eigenvalue weighted by Crippen LogP contribution is 2.22. The van der Waals surface area contributed by atoms with E-state index in [4.69, 9.17) is 4.74 Å². The van der Waals surface area contributed by atoms with Crippen LogP contribution < -0.4 is 4.74 Å². The summed E-state index contributed by atoms with van der Waals surface area (Å²) in [5.74, 6) is 0.939. The second kappa shape index (κ2) is 8.84. The fourth-order valence-corrected chi connectivity index (χ4v) is 3.46. The van der Waals surface area contributed by atoms with Gasteiger partial charge in [0, 0.05) is 45.4 Å². The Morgan fingerprint density at radius 2 is 1.88 bits per heavy atom. The maximum absolute atomic E-state index is 9.43. The number of ether oxygens (including phenoxy) is 1. The molecule has 0 amide bonds. The summed E-state index contributed by atoms with van der Waals surface area (Å²) in [5, 5.41) is 9.43. The summed E-state index contributed by atoms with van der Waals surface area (Å²) in [6.45, 7) is 15.1. The molecule has 0 saturated carbocycles. The van der Waals surface area contributed by atoms with E-state index in [0.717, 1.165) is 44.9 Å². The second-order valence-electron chi connectivity index (χ2n) is 8.01. The van der Waals surface area contributed by atoms with Gasteiger partial charge >= 0.3 is 0 Å². The van der Waals surface area contributed by atoms with E-state index in [1.165, 1.54) is 5.56 Å². The monoisotopic (exact) mass is 334 g/mol. The molecule has 1 aromatic carbocycles. The van der Waals surface area contributed by atoms with E-state index >= 15 is 0 Å². The summed E-state index contributed by atoms with van der Waals surface area (Å²) in [6, 6.07) is 8.88. The van der Waals surface area contributed by atoms with Gasteiger partial charge in [-0.1, -0.05) is 32.9 Å². The minimum atomic E-state index is 0.266. The van der Waals surface area contributed by atoms with Crippen molar-refractivity contribution in [3.05, 3.63) is 29.8 Å². The van der Waals surface area contributed by atoms with E-state index < -0.39 is 0 Å². The van der Waals surface area contributed by atoms with E-state index in [-0.39, 0.29) is 6.61 Å². The topological polar surface area (TPSA) is 35.9 Å². The van der Waals surface area contributed by atoms with Crippen molar-refractivity contribution in [2.75, 3.05) is 39.4 Å². The number of aliphatic hydroxyl groups excluding tert-OH is 1. The average molecular weight is 335 g/mol. The Kier molecular flexibility index (Phi) is 7.08. The molecule has 1 atom stereocenters. The van der Waals surface area contributed by atoms with Crippen molar-refractivity contribution >= 4 is 0 Å². The zero-order chi connectivity index (χ0) is 17.6. The van der Waals surface area contributed by atoms with Gasteiger partial charge in [-0.15, -0.1) is 0 Å². The third kappa shape index (κ3) is 6.08. The lowest BCUT2D eigenvalue weighted by Crippen LogP contribution is -2.54. The molecular weight excluding hydrogens is 300 g/mol. The number of benzene rings is 1. The summed E-state index contributed by atoms with van der Waals surface area (Å²) in [5.41, 5.74) is 1.62. The maximum Gasteiger partial charge on any atom is 0.119 e. The molecule has 1 aliphatic heterocycles. The van der Waals surface area contributed by atoms with Crippen LogP contribution in [0.3, 0.4) is 0 Å². The Labute approximate surface area is 147 Å². The molecule has 2 rings (SSSR count). The molecule has 0 bridgehead atoms. The van der Waals surface area contributed by atoms with Crippen molar-refractivity contribution in [2.45, 2.75) is 46.7 Å². The van der Waals surface area contributed by atoms with Crippen LogP contribution >= 0.6 is 0 Å². The number of hydrogen-bond acceptors (Lipinski definition) is 4. The first kappa shape index (κ1) is 19.2. The highest BCUT2D eigenvalue weighted by Gasteiger charge is 2.29. The molecule has 136 valence electrons. The van der Waals surface area contributed by atoms with Crippen LogP contribution in [0.1, 0.15) is 39.7 Å². The molecule has 4 heteroatoms. The predicted octanol–water partition coefficient (Wildman–Crippen LogP) is 3.00. The fourth-order valence-electron chi connectivity index (χ4n) is 3.46. The van der Waals surface area contributed by atoms with Gasteiger partial charge in [-0.05, 0) is 36.5 Å². The van der Waals surface area contributed by atoms with Crippen LogP contribution in [0.25, 0.3) is 0 Å². The van der Waals surface area contributed by atoms with Gasteiger partial charge in [-0.2, -0.15) is 0 Å². The molecular formula is C20H34N2O2. The fraction of sp³-hybridized carbons (Fsp3) is 0.700. The van der Waals surface area contributed by atoms with Gasteiger partial charge in [0.15, 0.2) is 0 Å². The van der Waals surface area contributed by atoms with Gasteiger partial charge in [0.1, 0.15) is 5.75 Å². The summed E-state index contributed by atoms with van der Waals surface area (Å²) in [7, 11) is 0. The van der Waals surface area contributed by atoms with Crippen LogP contribution in [0.15, 0.2) is 24.3 Å². The summed E-state index contributed by atoms with van der Waals surface area (Å²) < 4.78 is 5.51. The Bertz CT molecular complexity index is 481. The van der Waals surface area contributed by atoms with Crippen LogP contribution in [-0.4, -0.2) is 60.3 Å². The number of hydrogen-bond donors (Lipinski definition) is 1. The molecule has 1 saturated heterocycles. The van der Waals surface area contributed by atoms with Crippen molar-refractivity contribution in [1.29, 1.82) is 0 Å². The van der Waals surface area contributed by atoms with E-state index in [9.17, 15) is 5.11 Å². The SMILES string of the molecule is CCOc1ccc(CN2CCN(CC(C)(C)C)C(CCO)C2)cc1. The van der Waals surface area contributed by atoms with E-state index in [1.807, 2.05) is 6.92 Å². The largest absolute Gasteiger partial charge is 0.494 e. The van der Waals surface area contributed by atoms with Gasteiger partial charge in [0.25, 0.3) is 0 Å². The minimum Gasteiger partial charge on any atom is -0.494 e. The zero-order valence-electron chi connectivity index (χ0n) is 15.8. The molecule has 24 heavy (non-hydrogen) atoms. The van der Waals surface area contributed by atoms with Crippen LogP contribution in [-0.2, 0) is 6.54 Å². The highest BCUT2D eigenvalue weighted by atomic mass is 16.5. The Balaban J connectivity index is 1.93.